The third-order valence-electron chi connectivity index (χ3n) is 3.90. The van der Waals surface area contributed by atoms with Gasteiger partial charge in [0.2, 0.25) is 10.0 Å². The number of carboxylic acid groups (broad SMARTS) is 1. The second-order valence-electron chi connectivity index (χ2n) is 5.92. The average Bonchev–Trinajstić information content (AvgIpc) is 2.63. The molecule has 138 valence electrons. The van der Waals surface area contributed by atoms with Crippen molar-refractivity contribution in [1.82, 2.24) is 0 Å². The minimum Gasteiger partial charge on any atom is -0.478 e. The Morgan fingerprint density at radius 1 is 0.926 bits per heavy atom. The van der Waals surface area contributed by atoms with Gasteiger partial charge in [-0.25, -0.2) is 17.6 Å². The fourth-order valence-electron chi connectivity index (χ4n) is 2.59. The van der Waals surface area contributed by atoms with Crippen molar-refractivity contribution in [3.05, 3.63) is 89.7 Å². The zero-order valence-electron chi connectivity index (χ0n) is 14.1. The summed E-state index contributed by atoms with van der Waals surface area (Å²) >= 11 is 0. The summed E-state index contributed by atoms with van der Waals surface area (Å²) in [5.74, 6) is -1.71. The Labute approximate surface area is 156 Å². The van der Waals surface area contributed by atoms with Gasteiger partial charge in [-0.2, -0.15) is 0 Å². The van der Waals surface area contributed by atoms with Gasteiger partial charge < -0.3 is 5.11 Å². The predicted molar refractivity (Wildman–Crippen MR) is 101 cm³/mol. The number of hydrogen-bond donors (Lipinski definition) is 2. The highest BCUT2D eigenvalue weighted by atomic mass is 32.2. The van der Waals surface area contributed by atoms with E-state index in [2.05, 4.69) is 4.72 Å². The van der Waals surface area contributed by atoms with Gasteiger partial charge in [-0.15, -0.1) is 0 Å². The topological polar surface area (TPSA) is 83.5 Å². The highest BCUT2D eigenvalue weighted by molar-refractivity contribution is 7.91. The standard InChI is InChI=1S/C20H16FNO4S/c21-19-4-2-1-3-18(19)15-9-11-17(12-10-15)22-27(25,26)13-14-5-7-16(8-6-14)20(23)24/h1-12,22H,13H2,(H,23,24). The van der Waals surface area contributed by atoms with E-state index in [1.54, 1.807) is 42.5 Å². The molecule has 7 heteroatoms. The minimum absolute atomic E-state index is 0.0906. The predicted octanol–water partition coefficient (Wildman–Crippen LogP) is 4.13. The molecule has 0 saturated heterocycles. The first-order chi connectivity index (χ1) is 12.8. The largest absolute Gasteiger partial charge is 0.478 e. The molecule has 0 aliphatic heterocycles. The van der Waals surface area contributed by atoms with Crippen LogP contribution >= 0.6 is 0 Å². The molecule has 0 amide bonds. The van der Waals surface area contributed by atoms with E-state index >= 15 is 0 Å². The molecule has 0 atom stereocenters. The van der Waals surface area contributed by atoms with Gasteiger partial charge in [-0.1, -0.05) is 42.5 Å². The zero-order valence-corrected chi connectivity index (χ0v) is 14.9. The fourth-order valence-corrected chi connectivity index (χ4v) is 3.79. The quantitative estimate of drug-likeness (QED) is 0.668. The monoisotopic (exact) mass is 385 g/mol. The first-order valence-electron chi connectivity index (χ1n) is 8.02. The molecule has 3 aromatic carbocycles. The highest BCUT2D eigenvalue weighted by Gasteiger charge is 2.13. The van der Waals surface area contributed by atoms with Crippen molar-refractivity contribution in [2.45, 2.75) is 5.75 Å². The third kappa shape index (κ3) is 4.71. The maximum atomic E-state index is 13.8. The van der Waals surface area contributed by atoms with Gasteiger partial charge in [0, 0.05) is 11.3 Å². The lowest BCUT2D eigenvalue weighted by Crippen LogP contribution is -2.15. The van der Waals surface area contributed by atoms with Crippen molar-refractivity contribution < 1.29 is 22.7 Å². The van der Waals surface area contributed by atoms with Gasteiger partial charge in [-0.3, -0.25) is 4.72 Å². The van der Waals surface area contributed by atoms with Gasteiger partial charge in [0.05, 0.1) is 11.3 Å². The molecule has 0 heterocycles. The highest BCUT2D eigenvalue weighted by Crippen LogP contribution is 2.24. The molecule has 0 aliphatic carbocycles. The van der Waals surface area contributed by atoms with Crippen molar-refractivity contribution in [3.63, 3.8) is 0 Å². The van der Waals surface area contributed by atoms with Crippen molar-refractivity contribution in [3.8, 4) is 11.1 Å². The lowest BCUT2D eigenvalue weighted by Gasteiger charge is -2.10. The molecular formula is C20H16FNO4S. The molecule has 0 fully saturated rings. The van der Waals surface area contributed by atoms with Gasteiger partial charge in [0.15, 0.2) is 0 Å². The first-order valence-corrected chi connectivity index (χ1v) is 9.67. The second-order valence-corrected chi connectivity index (χ2v) is 7.64. The number of carboxylic acids is 1. The Morgan fingerprint density at radius 3 is 2.15 bits per heavy atom. The molecule has 0 unspecified atom stereocenters. The maximum Gasteiger partial charge on any atom is 0.335 e. The molecule has 0 aromatic heterocycles. The van der Waals surface area contributed by atoms with Crippen LogP contribution in [-0.2, 0) is 15.8 Å². The number of sulfonamides is 1. The summed E-state index contributed by atoms with van der Waals surface area (Å²) in [6.07, 6.45) is 0. The van der Waals surface area contributed by atoms with Gasteiger partial charge >= 0.3 is 5.97 Å². The lowest BCUT2D eigenvalue weighted by atomic mass is 10.1. The summed E-state index contributed by atoms with van der Waals surface area (Å²) in [6, 6.07) is 18.4. The van der Waals surface area contributed by atoms with E-state index in [4.69, 9.17) is 5.11 Å². The normalized spacial score (nSPS) is 11.1. The Hall–Kier alpha value is -3.19. The van der Waals surface area contributed by atoms with Crippen LogP contribution in [0.3, 0.4) is 0 Å². The maximum absolute atomic E-state index is 13.8. The minimum atomic E-state index is -3.68. The second kappa shape index (κ2) is 7.59. The molecule has 0 radical (unpaired) electrons. The number of rotatable bonds is 6. The lowest BCUT2D eigenvalue weighted by molar-refractivity contribution is 0.0697. The molecule has 27 heavy (non-hydrogen) atoms. The third-order valence-corrected chi connectivity index (χ3v) is 5.16. The van der Waals surface area contributed by atoms with E-state index in [0.717, 1.165) is 0 Å². The Morgan fingerprint density at radius 2 is 1.56 bits per heavy atom. The summed E-state index contributed by atoms with van der Waals surface area (Å²) in [7, 11) is -3.68. The number of anilines is 1. The number of halogens is 1. The summed E-state index contributed by atoms with van der Waals surface area (Å²) < 4.78 is 40.9. The van der Waals surface area contributed by atoms with E-state index in [1.165, 1.54) is 30.3 Å². The molecule has 0 bridgehead atoms. The number of aromatic carboxylic acids is 1. The molecule has 2 N–H and O–H groups in total. The Balaban J connectivity index is 1.72. The van der Waals surface area contributed by atoms with Crippen LogP contribution in [0.25, 0.3) is 11.1 Å². The van der Waals surface area contributed by atoms with Crippen LogP contribution in [0.4, 0.5) is 10.1 Å². The van der Waals surface area contributed by atoms with E-state index in [0.29, 0.717) is 22.4 Å². The average molecular weight is 385 g/mol. The molecule has 0 aliphatic rings. The van der Waals surface area contributed by atoms with E-state index < -0.39 is 16.0 Å². The fraction of sp³-hybridized carbons (Fsp3) is 0.0500. The summed E-state index contributed by atoms with van der Waals surface area (Å²) in [4.78, 5) is 10.8. The van der Waals surface area contributed by atoms with Crippen LogP contribution in [-0.4, -0.2) is 19.5 Å². The van der Waals surface area contributed by atoms with Crippen molar-refractivity contribution in [1.29, 1.82) is 0 Å². The number of hydrogen-bond acceptors (Lipinski definition) is 3. The Kier molecular flexibility index (Phi) is 5.23. The molecule has 5 nitrogen and oxygen atoms in total. The number of nitrogens with one attached hydrogen (secondary N) is 1. The van der Waals surface area contributed by atoms with Gasteiger partial charge in [0.1, 0.15) is 5.82 Å². The molecular weight excluding hydrogens is 369 g/mol. The van der Waals surface area contributed by atoms with Crippen LogP contribution < -0.4 is 4.72 Å². The number of benzene rings is 3. The van der Waals surface area contributed by atoms with Crippen LogP contribution in [0.5, 0.6) is 0 Å². The first kappa shape index (κ1) is 18.6. The van der Waals surface area contributed by atoms with E-state index in [9.17, 15) is 17.6 Å². The smallest absolute Gasteiger partial charge is 0.335 e. The van der Waals surface area contributed by atoms with E-state index in [-0.39, 0.29) is 17.1 Å². The van der Waals surface area contributed by atoms with Crippen molar-refractivity contribution in [2.75, 3.05) is 4.72 Å². The summed E-state index contributed by atoms with van der Waals surface area (Å²) in [5.41, 5.74) is 1.99. The molecule has 0 spiro atoms. The van der Waals surface area contributed by atoms with Gasteiger partial charge in [0.25, 0.3) is 0 Å². The van der Waals surface area contributed by atoms with Crippen molar-refractivity contribution >= 4 is 21.7 Å². The summed E-state index contributed by atoms with van der Waals surface area (Å²) in [6.45, 7) is 0. The zero-order chi connectivity index (χ0) is 19.4. The van der Waals surface area contributed by atoms with Crippen LogP contribution in [0, 0.1) is 5.82 Å². The van der Waals surface area contributed by atoms with Crippen LogP contribution in [0.2, 0.25) is 0 Å². The van der Waals surface area contributed by atoms with Crippen molar-refractivity contribution in [2.24, 2.45) is 0 Å². The van der Waals surface area contributed by atoms with Gasteiger partial charge in [-0.05, 0) is 41.5 Å². The molecule has 0 saturated carbocycles. The Bertz CT molecular complexity index is 1060. The van der Waals surface area contributed by atoms with Crippen LogP contribution in [0.1, 0.15) is 15.9 Å². The number of carbonyl (C=O) groups is 1. The summed E-state index contributed by atoms with van der Waals surface area (Å²) in [5, 5.41) is 8.87. The molecule has 3 aromatic rings. The van der Waals surface area contributed by atoms with Crippen LogP contribution in [0.15, 0.2) is 72.8 Å². The SMILES string of the molecule is O=C(O)c1ccc(CS(=O)(=O)Nc2ccc(-c3ccccc3F)cc2)cc1. The molecule has 3 rings (SSSR count). The van der Waals surface area contributed by atoms with E-state index in [1.807, 2.05) is 0 Å².